The minimum absolute atomic E-state index is 0.524. The number of hydrogen-bond acceptors (Lipinski definition) is 2. The highest BCUT2D eigenvalue weighted by Gasteiger charge is 2.09. The molecule has 0 aliphatic heterocycles. The predicted octanol–water partition coefficient (Wildman–Crippen LogP) is 2.94. The summed E-state index contributed by atoms with van der Waals surface area (Å²) in [6, 6.07) is 4.80. The molecule has 0 heterocycles. The second-order valence-electron chi connectivity index (χ2n) is 3.91. The fourth-order valence-electron chi connectivity index (χ4n) is 1.78. The van der Waals surface area contributed by atoms with E-state index in [0.29, 0.717) is 6.00 Å². The molecule has 0 aromatic heterocycles. The highest BCUT2D eigenvalue weighted by molar-refractivity contribution is 6.17. The molecule has 0 atom stereocenters. The normalized spacial score (nSPS) is 10.8. The first kappa shape index (κ1) is 12.3. The summed E-state index contributed by atoms with van der Waals surface area (Å²) < 4.78 is 5.41. The summed E-state index contributed by atoms with van der Waals surface area (Å²) >= 11 is 5.76. The smallest absolute Gasteiger partial charge is 0.126 e. The van der Waals surface area contributed by atoms with Crippen molar-refractivity contribution in [3.05, 3.63) is 28.8 Å². The number of alkyl halides is 1. The SMILES string of the molecule is COc1c(C)cc(C)cc1CN(C)CCl. The molecule has 0 aliphatic rings. The summed E-state index contributed by atoms with van der Waals surface area (Å²) in [6.07, 6.45) is 0. The van der Waals surface area contributed by atoms with Gasteiger partial charge in [0.05, 0.1) is 13.1 Å². The second kappa shape index (κ2) is 5.38. The van der Waals surface area contributed by atoms with Crippen LogP contribution in [-0.4, -0.2) is 25.1 Å². The molecule has 0 fully saturated rings. The lowest BCUT2D eigenvalue weighted by atomic mass is 10.1. The Hall–Kier alpha value is -0.730. The van der Waals surface area contributed by atoms with Crippen LogP contribution in [0.2, 0.25) is 0 Å². The highest BCUT2D eigenvalue weighted by Crippen LogP contribution is 2.26. The molecule has 0 saturated carbocycles. The molecule has 0 spiro atoms. The van der Waals surface area contributed by atoms with Crippen LogP contribution in [-0.2, 0) is 6.54 Å². The van der Waals surface area contributed by atoms with Crippen LogP contribution in [0, 0.1) is 13.8 Å². The highest BCUT2D eigenvalue weighted by atomic mass is 35.5. The van der Waals surface area contributed by atoms with Crippen LogP contribution in [0.4, 0.5) is 0 Å². The molecule has 0 unspecified atom stereocenters. The Balaban J connectivity index is 3.03. The van der Waals surface area contributed by atoms with Gasteiger partial charge in [-0.1, -0.05) is 17.7 Å². The average Bonchev–Trinajstić information content (AvgIpc) is 2.17. The number of halogens is 1. The van der Waals surface area contributed by atoms with Gasteiger partial charge in [-0.2, -0.15) is 0 Å². The summed E-state index contributed by atoms with van der Waals surface area (Å²) in [6.45, 7) is 4.97. The number of ether oxygens (including phenoxy) is 1. The van der Waals surface area contributed by atoms with E-state index in [1.807, 2.05) is 11.9 Å². The van der Waals surface area contributed by atoms with Crippen LogP contribution in [0.3, 0.4) is 0 Å². The van der Waals surface area contributed by atoms with E-state index in [9.17, 15) is 0 Å². The van der Waals surface area contributed by atoms with Crippen molar-refractivity contribution in [2.75, 3.05) is 20.2 Å². The molecule has 0 radical (unpaired) electrons. The van der Waals surface area contributed by atoms with Crippen LogP contribution in [0.5, 0.6) is 5.75 Å². The fourth-order valence-corrected chi connectivity index (χ4v) is 1.87. The van der Waals surface area contributed by atoms with Crippen molar-refractivity contribution in [2.24, 2.45) is 0 Å². The molecule has 84 valence electrons. The van der Waals surface area contributed by atoms with E-state index in [-0.39, 0.29) is 0 Å². The maximum atomic E-state index is 5.76. The third kappa shape index (κ3) is 3.11. The lowest BCUT2D eigenvalue weighted by Crippen LogP contribution is -2.16. The average molecular weight is 228 g/mol. The van der Waals surface area contributed by atoms with Gasteiger partial charge >= 0.3 is 0 Å². The molecule has 0 bridgehead atoms. The Labute approximate surface area is 96.8 Å². The Bertz CT molecular complexity index is 339. The van der Waals surface area contributed by atoms with Crippen LogP contribution >= 0.6 is 11.6 Å². The number of aryl methyl sites for hydroxylation is 2. The van der Waals surface area contributed by atoms with Crippen molar-refractivity contribution in [1.29, 1.82) is 0 Å². The van der Waals surface area contributed by atoms with Crippen LogP contribution < -0.4 is 4.74 Å². The molecular formula is C12H18ClNO. The molecule has 0 saturated heterocycles. The molecule has 15 heavy (non-hydrogen) atoms. The van der Waals surface area contributed by atoms with Gasteiger partial charge in [0.2, 0.25) is 0 Å². The minimum atomic E-state index is 0.524. The minimum Gasteiger partial charge on any atom is -0.496 e. The summed E-state index contributed by atoms with van der Waals surface area (Å²) in [4.78, 5) is 2.04. The Morgan fingerprint density at radius 2 is 2.00 bits per heavy atom. The zero-order chi connectivity index (χ0) is 11.4. The molecule has 2 nitrogen and oxygen atoms in total. The standard InChI is InChI=1S/C12H18ClNO/c1-9-5-10(2)12(15-4)11(6-9)7-14(3)8-13/h5-6H,7-8H2,1-4H3. The van der Waals surface area contributed by atoms with E-state index < -0.39 is 0 Å². The molecule has 0 amide bonds. The van der Waals surface area contributed by atoms with E-state index in [2.05, 4.69) is 26.0 Å². The van der Waals surface area contributed by atoms with Crippen LogP contribution in [0.1, 0.15) is 16.7 Å². The van der Waals surface area contributed by atoms with Crippen molar-refractivity contribution in [3.63, 3.8) is 0 Å². The topological polar surface area (TPSA) is 12.5 Å². The first-order valence-electron chi connectivity index (χ1n) is 4.97. The molecule has 1 aromatic rings. The lowest BCUT2D eigenvalue weighted by molar-refractivity contribution is 0.359. The molecule has 3 heteroatoms. The number of rotatable bonds is 4. The monoisotopic (exact) mass is 227 g/mol. The lowest BCUT2D eigenvalue weighted by Gasteiger charge is -2.17. The predicted molar refractivity (Wildman–Crippen MR) is 64.7 cm³/mol. The maximum Gasteiger partial charge on any atom is 0.126 e. The number of methoxy groups -OCH3 is 1. The van der Waals surface area contributed by atoms with E-state index in [0.717, 1.165) is 12.3 Å². The van der Waals surface area contributed by atoms with Gasteiger partial charge in [-0.05, 0) is 26.5 Å². The Kier molecular flexibility index (Phi) is 4.43. The van der Waals surface area contributed by atoms with Gasteiger partial charge in [0.1, 0.15) is 5.75 Å². The van der Waals surface area contributed by atoms with Gasteiger partial charge in [0, 0.05) is 12.1 Å². The zero-order valence-corrected chi connectivity index (χ0v) is 10.6. The van der Waals surface area contributed by atoms with E-state index in [4.69, 9.17) is 16.3 Å². The Morgan fingerprint density at radius 3 is 2.53 bits per heavy atom. The Morgan fingerprint density at radius 1 is 1.33 bits per heavy atom. The molecule has 0 aliphatic carbocycles. The van der Waals surface area contributed by atoms with E-state index in [1.54, 1.807) is 7.11 Å². The maximum absolute atomic E-state index is 5.76. The molecular weight excluding hydrogens is 210 g/mol. The summed E-state index contributed by atoms with van der Waals surface area (Å²) in [5.74, 6) is 0.970. The third-order valence-corrected chi connectivity index (χ3v) is 2.75. The summed E-state index contributed by atoms with van der Waals surface area (Å²) in [5.41, 5.74) is 3.62. The number of nitrogens with zero attached hydrogens (tertiary/aromatic N) is 1. The van der Waals surface area contributed by atoms with Crippen LogP contribution in [0.15, 0.2) is 12.1 Å². The van der Waals surface area contributed by atoms with Crippen molar-refractivity contribution < 1.29 is 4.74 Å². The fraction of sp³-hybridized carbons (Fsp3) is 0.500. The molecule has 1 aromatic carbocycles. The molecule has 1 rings (SSSR count). The van der Waals surface area contributed by atoms with Crippen molar-refractivity contribution in [2.45, 2.75) is 20.4 Å². The third-order valence-electron chi connectivity index (χ3n) is 2.34. The number of benzene rings is 1. The van der Waals surface area contributed by atoms with Gasteiger partial charge < -0.3 is 4.74 Å². The van der Waals surface area contributed by atoms with Gasteiger partial charge in [-0.3, -0.25) is 4.90 Å². The van der Waals surface area contributed by atoms with Gasteiger partial charge in [-0.25, -0.2) is 0 Å². The summed E-state index contributed by atoms with van der Waals surface area (Å²) in [7, 11) is 3.70. The largest absolute Gasteiger partial charge is 0.496 e. The quantitative estimate of drug-likeness (QED) is 0.579. The molecule has 0 N–H and O–H groups in total. The number of hydrogen-bond donors (Lipinski definition) is 0. The first-order valence-corrected chi connectivity index (χ1v) is 5.50. The zero-order valence-electron chi connectivity index (χ0n) is 9.80. The van der Waals surface area contributed by atoms with Crippen molar-refractivity contribution in [3.8, 4) is 5.75 Å². The van der Waals surface area contributed by atoms with Gasteiger partial charge in [0.15, 0.2) is 0 Å². The second-order valence-corrected chi connectivity index (χ2v) is 4.15. The van der Waals surface area contributed by atoms with Crippen LogP contribution in [0.25, 0.3) is 0 Å². The van der Waals surface area contributed by atoms with E-state index in [1.165, 1.54) is 16.7 Å². The first-order chi connectivity index (χ1) is 7.08. The van der Waals surface area contributed by atoms with E-state index >= 15 is 0 Å². The van der Waals surface area contributed by atoms with Crippen molar-refractivity contribution in [1.82, 2.24) is 4.90 Å². The van der Waals surface area contributed by atoms with Gasteiger partial charge in [-0.15, -0.1) is 11.6 Å². The van der Waals surface area contributed by atoms with Crippen molar-refractivity contribution >= 4 is 11.6 Å². The van der Waals surface area contributed by atoms with Gasteiger partial charge in [0.25, 0.3) is 0 Å². The summed E-state index contributed by atoms with van der Waals surface area (Å²) in [5, 5.41) is 0.